The lowest BCUT2D eigenvalue weighted by atomic mass is 9.96. The molecule has 0 fully saturated rings. The summed E-state index contributed by atoms with van der Waals surface area (Å²) in [4.78, 5) is 2.09. The number of hydrogen-bond acceptors (Lipinski definition) is 4. The van der Waals surface area contributed by atoms with E-state index in [9.17, 15) is 0 Å². The van der Waals surface area contributed by atoms with Gasteiger partial charge < -0.3 is 20.1 Å². The predicted molar refractivity (Wildman–Crippen MR) is 95.7 cm³/mol. The van der Waals surface area contributed by atoms with E-state index in [-0.39, 0.29) is 0 Å². The van der Waals surface area contributed by atoms with Gasteiger partial charge in [0.1, 0.15) is 0 Å². The number of benzene rings is 2. The number of methoxy groups -OCH3 is 1. The monoisotopic (exact) mass is 314 g/mol. The summed E-state index contributed by atoms with van der Waals surface area (Å²) >= 11 is 0. The van der Waals surface area contributed by atoms with Crippen LogP contribution >= 0.6 is 0 Å². The zero-order valence-electron chi connectivity index (χ0n) is 14.2. The SMILES string of the molecule is COc1ccccc1OCCC(CN)c1ccc(N(C)C)cc1. The molecule has 4 nitrogen and oxygen atoms in total. The van der Waals surface area contributed by atoms with Crippen molar-refractivity contribution in [1.29, 1.82) is 0 Å². The van der Waals surface area contributed by atoms with Crippen molar-refractivity contribution < 1.29 is 9.47 Å². The van der Waals surface area contributed by atoms with Crippen LogP contribution in [0.5, 0.6) is 11.5 Å². The van der Waals surface area contributed by atoms with Crippen molar-refractivity contribution in [2.75, 3.05) is 39.3 Å². The van der Waals surface area contributed by atoms with Crippen molar-refractivity contribution in [1.82, 2.24) is 0 Å². The predicted octanol–water partition coefficient (Wildman–Crippen LogP) is 3.27. The first-order chi connectivity index (χ1) is 11.2. The van der Waals surface area contributed by atoms with Crippen molar-refractivity contribution in [2.45, 2.75) is 12.3 Å². The molecule has 0 aromatic heterocycles. The van der Waals surface area contributed by atoms with E-state index in [4.69, 9.17) is 15.2 Å². The van der Waals surface area contributed by atoms with Crippen molar-refractivity contribution >= 4 is 5.69 Å². The van der Waals surface area contributed by atoms with E-state index in [1.54, 1.807) is 7.11 Å². The topological polar surface area (TPSA) is 47.7 Å². The summed E-state index contributed by atoms with van der Waals surface area (Å²) in [5.74, 6) is 1.82. The lowest BCUT2D eigenvalue weighted by molar-refractivity contribution is 0.280. The summed E-state index contributed by atoms with van der Waals surface area (Å²) in [7, 11) is 5.73. The second kappa shape index (κ2) is 8.44. The molecular weight excluding hydrogens is 288 g/mol. The third-order valence-corrected chi connectivity index (χ3v) is 3.96. The molecule has 1 unspecified atom stereocenters. The highest BCUT2D eigenvalue weighted by Gasteiger charge is 2.11. The molecule has 4 heteroatoms. The maximum Gasteiger partial charge on any atom is 0.161 e. The van der Waals surface area contributed by atoms with Crippen LogP contribution in [0.3, 0.4) is 0 Å². The molecule has 1 atom stereocenters. The first-order valence-corrected chi connectivity index (χ1v) is 7.89. The van der Waals surface area contributed by atoms with Gasteiger partial charge in [0.15, 0.2) is 11.5 Å². The Morgan fingerprint density at radius 2 is 1.65 bits per heavy atom. The molecule has 0 amide bonds. The fraction of sp³-hybridized carbons (Fsp3) is 0.368. The normalized spacial score (nSPS) is 11.8. The molecule has 0 bridgehead atoms. The lowest BCUT2D eigenvalue weighted by Gasteiger charge is -2.18. The van der Waals surface area contributed by atoms with Crippen LogP contribution in [0.1, 0.15) is 17.9 Å². The highest BCUT2D eigenvalue weighted by Crippen LogP contribution is 2.27. The zero-order valence-corrected chi connectivity index (χ0v) is 14.2. The number of ether oxygens (including phenoxy) is 2. The van der Waals surface area contributed by atoms with Gasteiger partial charge in [-0.1, -0.05) is 24.3 Å². The maximum atomic E-state index is 5.95. The smallest absolute Gasteiger partial charge is 0.161 e. The van der Waals surface area contributed by atoms with E-state index in [1.165, 1.54) is 11.3 Å². The molecule has 0 heterocycles. The fourth-order valence-corrected chi connectivity index (χ4v) is 2.51. The van der Waals surface area contributed by atoms with Gasteiger partial charge in [-0.15, -0.1) is 0 Å². The van der Waals surface area contributed by atoms with Crippen LogP contribution in [-0.2, 0) is 0 Å². The highest BCUT2D eigenvalue weighted by molar-refractivity contribution is 5.46. The van der Waals surface area contributed by atoms with Gasteiger partial charge in [0.2, 0.25) is 0 Å². The summed E-state index contributed by atoms with van der Waals surface area (Å²) in [6.45, 7) is 1.22. The Balaban J connectivity index is 1.94. The maximum absolute atomic E-state index is 5.95. The molecule has 0 spiro atoms. The molecule has 0 saturated carbocycles. The summed E-state index contributed by atoms with van der Waals surface area (Å²) in [5.41, 5.74) is 8.39. The van der Waals surface area contributed by atoms with E-state index in [0.717, 1.165) is 17.9 Å². The van der Waals surface area contributed by atoms with E-state index in [2.05, 4.69) is 29.2 Å². The molecular formula is C19H26N2O2. The summed E-state index contributed by atoms with van der Waals surface area (Å²) in [5, 5.41) is 0. The van der Waals surface area contributed by atoms with Crippen LogP contribution in [0.25, 0.3) is 0 Å². The van der Waals surface area contributed by atoms with Crippen LogP contribution in [0.4, 0.5) is 5.69 Å². The van der Waals surface area contributed by atoms with Gasteiger partial charge in [-0.25, -0.2) is 0 Å². The van der Waals surface area contributed by atoms with Gasteiger partial charge in [-0.2, -0.15) is 0 Å². The van der Waals surface area contributed by atoms with E-state index in [1.807, 2.05) is 38.4 Å². The second-order valence-corrected chi connectivity index (χ2v) is 5.71. The third kappa shape index (κ3) is 4.63. The standard InChI is InChI=1S/C19H26N2O2/c1-21(2)17-10-8-15(9-11-17)16(14-20)12-13-23-19-7-5-4-6-18(19)22-3/h4-11,16H,12-14,20H2,1-3H3. The Bertz CT molecular complexity index is 597. The molecule has 0 aliphatic carbocycles. The lowest BCUT2D eigenvalue weighted by Crippen LogP contribution is -2.16. The molecule has 2 aromatic rings. The van der Waals surface area contributed by atoms with E-state index < -0.39 is 0 Å². The minimum Gasteiger partial charge on any atom is -0.493 e. The third-order valence-electron chi connectivity index (χ3n) is 3.96. The molecule has 0 radical (unpaired) electrons. The molecule has 0 aliphatic heterocycles. The average molecular weight is 314 g/mol. The van der Waals surface area contributed by atoms with E-state index >= 15 is 0 Å². The molecule has 0 aliphatic rings. The first-order valence-electron chi connectivity index (χ1n) is 7.89. The highest BCUT2D eigenvalue weighted by atomic mass is 16.5. The molecule has 0 saturated heterocycles. The summed E-state index contributed by atoms with van der Waals surface area (Å²) in [6, 6.07) is 16.2. The molecule has 124 valence electrons. The van der Waals surface area contributed by atoms with Gasteiger partial charge in [0, 0.05) is 19.8 Å². The van der Waals surface area contributed by atoms with Crippen LogP contribution in [0.15, 0.2) is 48.5 Å². The van der Waals surface area contributed by atoms with Crippen molar-refractivity contribution in [3.05, 3.63) is 54.1 Å². The number of nitrogens with zero attached hydrogens (tertiary/aromatic N) is 1. The zero-order chi connectivity index (χ0) is 16.7. The van der Waals surface area contributed by atoms with Crippen molar-refractivity contribution in [3.63, 3.8) is 0 Å². The summed E-state index contributed by atoms with van der Waals surface area (Å²) in [6.07, 6.45) is 0.871. The largest absolute Gasteiger partial charge is 0.493 e. The number of nitrogens with two attached hydrogens (primary N) is 1. The quantitative estimate of drug-likeness (QED) is 0.812. The van der Waals surface area contributed by atoms with Crippen LogP contribution in [0.2, 0.25) is 0 Å². The average Bonchev–Trinajstić information content (AvgIpc) is 2.59. The number of rotatable bonds is 8. The van der Waals surface area contributed by atoms with Gasteiger partial charge in [-0.05, 0) is 48.7 Å². The Kier molecular flexibility index (Phi) is 6.29. The second-order valence-electron chi connectivity index (χ2n) is 5.71. The van der Waals surface area contributed by atoms with E-state index in [0.29, 0.717) is 19.1 Å². The molecule has 2 N–H and O–H groups in total. The number of hydrogen-bond donors (Lipinski definition) is 1. The Labute approximate surface area is 138 Å². The van der Waals surface area contributed by atoms with Crippen molar-refractivity contribution in [2.24, 2.45) is 5.73 Å². The van der Waals surface area contributed by atoms with Gasteiger partial charge in [0.05, 0.1) is 13.7 Å². The molecule has 2 rings (SSSR count). The van der Waals surface area contributed by atoms with Gasteiger partial charge in [0.25, 0.3) is 0 Å². The van der Waals surface area contributed by atoms with Gasteiger partial charge >= 0.3 is 0 Å². The minimum atomic E-state index is 0.293. The van der Waals surface area contributed by atoms with Crippen LogP contribution in [-0.4, -0.2) is 34.4 Å². The number of anilines is 1. The van der Waals surface area contributed by atoms with Crippen molar-refractivity contribution in [3.8, 4) is 11.5 Å². The molecule has 23 heavy (non-hydrogen) atoms. The van der Waals surface area contributed by atoms with Gasteiger partial charge in [-0.3, -0.25) is 0 Å². The fourth-order valence-electron chi connectivity index (χ4n) is 2.51. The Morgan fingerprint density at radius 3 is 2.22 bits per heavy atom. The first kappa shape index (κ1) is 17.2. The van der Waals surface area contributed by atoms with Crippen LogP contribution in [0, 0.1) is 0 Å². The summed E-state index contributed by atoms with van der Waals surface area (Å²) < 4.78 is 11.2. The Morgan fingerprint density at radius 1 is 1.00 bits per heavy atom. The Hall–Kier alpha value is -2.20. The number of para-hydroxylation sites is 2. The van der Waals surface area contributed by atoms with Crippen LogP contribution < -0.4 is 20.1 Å². The molecule has 2 aromatic carbocycles. The minimum absolute atomic E-state index is 0.293.